The summed E-state index contributed by atoms with van der Waals surface area (Å²) < 4.78 is 37.9. The number of hydrogen-bond acceptors (Lipinski definition) is 3. The first-order valence-corrected chi connectivity index (χ1v) is 6.76. The molecule has 3 rings (SSSR count). The molecule has 0 saturated heterocycles. The number of fused-ring (bicyclic) bond motifs is 1. The molecule has 0 saturated carbocycles. The van der Waals surface area contributed by atoms with Crippen LogP contribution < -0.4 is 5.32 Å². The minimum atomic E-state index is -4.45. The normalized spacial score (nSPS) is 18.1. The number of anilines is 1. The molecule has 2 aromatic rings. The van der Waals surface area contributed by atoms with Crippen LogP contribution in [-0.2, 0) is 19.0 Å². The molecule has 1 aliphatic rings. The van der Waals surface area contributed by atoms with Gasteiger partial charge >= 0.3 is 6.18 Å². The van der Waals surface area contributed by atoms with E-state index >= 15 is 0 Å². The lowest BCUT2D eigenvalue weighted by Gasteiger charge is -2.25. The standard InChI is InChI=1S/C15H14F3N3/c16-15(17,18)13-7-8-19-14(21-13)20-12-6-5-10-3-1-2-4-11(10)9-12/h1-4,7-8,12H,5-6,9H2,(H,19,20,21). The van der Waals surface area contributed by atoms with Gasteiger partial charge in [-0.05, 0) is 36.5 Å². The minimum absolute atomic E-state index is 0.0363. The zero-order chi connectivity index (χ0) is 14.9. The van der Waals surface area contributed by atoms with Crippen molar-refractivity contribution >= 4 is 5.95 Å². The highest BCUT2D eigenvalue weighted by atomic mass is 19.4. The summed E-state index contributed by atoms with van der Waals surface area (Å²) in [6, 6.07) is 9.05. The Labute approximate surface area is 120 Å². The van der Waals surface area contributed by atoms with Crippen LogP contribution >= 0.6 is 0 Å². The number of hydrogen-bond donors (Lipinski definition) is 1. The molecule has 0 radical (unpaired) electrons. The van der Waals surface area contributed by atoms with Gasteiger partial charge in [-0.1, -0.05) is 24.3 Å². The lowest BCUT2D eigenvalue weighted by Crippen LogP contribution is -2.28. The Balaban J connectivity index is 1.74. The Bertz CT molecular complexity index is 640. The average molecular weight is 293 g/mol. The first-order chi connectivity index (χ1) is 10.0. The van der Waals surface area contributed by atoms with Crippen molar-refractivity contribution in [3.8, 4) is 0 Å². The number of nitrogens with one attached hydrogen (secondary N) is 1. The molecule has 1 aromatic carbocycles. The van der Waals surface area contributed by atoms with Gasteiger partial charge < -0.3 is 5.32 Å². The summed E-state index contributed by atoms with van der Waals surface area (Å²) in [6.45, 7) is 0. The van der Waals surface area contributed by atoms with E-state index in [2.05, 4.69) is 27.4 Å². The molecule has 0 fully saturated rings. The van der Waals surface area contributed by atoms with Gasteiger partial charge in [-0.25, -0.2) is 9.97 Å². The van der Waals surface area contributed by atoms with Crippen LogP contribution in [0.2, 0.25) is 0 Å². The highest BCUT2D eigenvalue weighted by Crippen LogP contribution is 2.28. The predicted molar refractivity (Wildman–Crippen MR) is 72.9 cm³/mol. The summed E-state index contributed by atoms with van der Waals surface area (Å²) in [7, 11) is 0. The summed E-state index contributed by atoms with van der Waals surface area (Å²) in [6.07, 6.45) is -0.771. The van der Waals surface area contributed by atoms with E-state index in [9.17, 15) is 13.2 Å². The van der Waals surface area contributed by atoms with Crippen molar-refractivity contribution in [1.29, 1.82) is 0 Å². The SMILES string of the molecule is FC(F)(F)c1ccnc(NC2CCc3ccccc3C2)n1. The molecule has 6 heteroatoms. The summed E-state index contributed by atoms with van der Waals surface area (Å²) in [4.78, 5) is 7.43. The number of alkyl halides is 3. The van der Waals surface area contributed by atoms with Gasteiger partial charge in [0.15, 0.2) is 0 Å². The molecule has 0 spiro atoms. The second-order valence-electron chi connectivity index (χ2n) is 5.12. The predicted octanol–water partition coefficient (Wildman–Crippen LogP) is 3.46. The van der Waals surface area contributed by atoms with Crippen LogP contribution in [0.1, 0.15) is 23.2 Å². The van der Waals surface area contributed by atoms with Crippen molar-refractivity contribution in [2.75, 3.05) is 5.32 Å². The molecule has 21 heavy (non-hydrogen) atoms. The number of rotatable bonds is 2. The molecule has 1 unspecified atom stereocenters. The molecule has 1 aliphatic carbocycles. The van der Waals surface area contributed by atoms with Crippen LogP contribution in [0.25, 0.3) is 0 Å². The van der Waals surface area contributed by atoms with Crippen LogP contribution in [0.5, 0.6) is 0 Å². The fraction of sp³-hybridized carbons (Fsp3) is 0.333. The lowest BCUT2D eigenvalue weighted by atomic mass is 9.88. The van der Waals surface area contributed by atoms with Crippen LogP contribution in [0, 0.1) is 0 Å². The number of halogens is 3. The summed E-state index contributed by atoms with van der Waals surface area (Å²) in [5.74, 6) is 0.0363. The Morgan fingerprint density at radius 3 is 2.62 bits per heavy atom. The maximum absolute atomic E-state index is 12.6. The summed E-state index contributed by atoms with van der Waals surface area (Å²) in [5, 5.41) is 3.01. The quantitative estimate of drug-likeness (QED) is 0.921. The van der Waals surface area contributed by atoms with Gasteiger partial charge in [-0.15, -0.1) is 0 Å². The first kappa shape index (κ1) is 13.9. The highest BCUT2D eigenvalue weighted by molar-refractivity contribution is 5.35. The summed E-state index contributed by atoms with van der Waals surface area (Å²) in [5.41, 5.74) is 1.62. The smallest absolute Gasteiger partial charge is 0.351 e. The molecule has 0 amide bonds. The third-order valence-electron chi connectivity index (χ3n) is 3.63. The fourth-order valence-corrected chi connectivity index (χ4v) is 2.59. The Kier molecular flexibility index (Phi) is 3.53. The fourth-order valence-electron chi connectivity index (χ4n) is 2.59. The number of nitrogens with zero attached hydrogens (tertiary/aromatic N) is 2. The molecule has 1 heterocycles. The van der Waals surface area contributed by atoms with Crippen LogP contribution in [0.3, 0.4) is 0 Å². The average Bonchev–Trinajstić information content (AvgIpc) is 2.46. The zero-order valence-electron chi connectivity index (χ0n) is 11.2. The van der Waals surface area contributed by atoms with Gasteiger partial charge in [0.2, 0.25) is 5.95 Å². The molecule has 1 N–H and O–H groups in total. The second kappa shape index (κ2) is 5.35. The van der Waals surface area contributed by atoms with E-state index < -0.39 is 11.9 Å². The van der Waals surface area contributed by atoms with Crippen LogP contribution in [0.15, 0.2) is 36.5 Å². The van der Waals surface area contributed by atoms with Crippen molar-refractivity contribution in [2.45, 2.75) is 31.5 Å². The second-order valence-corrected chi connectivity index (χ2v) is 5.12. The Hall–Kier alpha value is -2.11. The number of benzene rings is 1. The van der Waals surface area contributed by atoms with Crippen molar-refractivity contribution < 1.29 is 13.2 Å². The molecule has 0 aliphatic heterocycles. The maximum atomic E-state index is 12.6. The van der Waals surface area contributed by atoms with Gasteiger partial charge in [0.1, 0.15) is 5.69 Å². The van der Waals surface area contributed by atoms with Crippen molar-refractivity contribution in [3.05, 3.63) is 53.3 Å². The summed E-state index contributed by atoms with van der Waals surface area (Å²) >= 11 is 0. The van der Waals surface area contributed by atoms with Gasteiger partial charge in [-0.3, -0.25) is 0 Å². The zero-order valence-corrected chi connectivity index (χ0v) is 11.2. The monoisotopic (exact) mass is 293 g/mol. The number of aromatic nitrogens is 2. The van der Waals surface area contributed by atoms with Gasteiger partial charge in [0, 0.05) is 12.2 Å². The van der Waals surface area contributed by atoms with E-state index in [1.807, 2.05) is 12.1 Å². The van der Waals surface area contributed by atoms with Gasteiger partial charge in [0.25, 0.3) is 0 Å². The van der Waals surface area contributed by atoms with E-state index in [0.29, 0.717) is 0 Å². The van der Waals surface area contributed by atoms with E-state index in [4.69, 9.17) is 0 Å². The molecule has 1 aromatic heterocycles. The molecule has 0 bridgehead atoms. The Morgan fingerprint density at radius 1 is 1.10 bits per heavy atom. The molecule has 3 nitrogen and oxygen atoms in total. The van der Waals surface area contributed by atoms with Crippen molar-refractivity contribution in [3.63, 3.8) is 0 Å². The van der Waals surface area contributed by atoms with E-state index in [-0.39, 0.29) is 12.0 Å². The molecular weight excluding hydrogens is 279 g/mol. The van der Waals surface area contributed by atoms with E-state index in [1.54, 1.807) is 0 Å². The highest BCUT2D eigenvalue weighted by Gasteiger charge is 2.33. The third kappa shape index (κ3) is 3.15. The first-order valence-electron chi connectivity index (χ1n) is 6.76. The molecular formula is C15H14F3N3. The molecule has 110 valence electrons. The minimum Gasteiger partial charge on any atom is -0.351 e. The molecule has 1 atom stereocenters. The van der Waals surface area contributed by atoms with Crippen molar-refractivity contribution in [1.82, 2.24) is 9.97 Å². The van der Waals surface area contributed by atoms with Crippen molar-refractivity contribution in [2.24, 2.45) is 0 Å². The van der Waals surface area contributed by atoms with E-state index in [1.165, 1.54) is 11.1 Å². The topological polar surface area (TPSA) is 37.8 Å². The number of aryl methyl sites for hydroxylation is 1. The maximum Gasteiger partial charge on any atom is 0.433 e. The van der Waals surface area contributed by atoms with Crippen LogP contribution in [-0.4, -0.2) is 16.0 Å². The van der Waals surface area contributed by atoms with Gasteiger partial charge in [-0.2, -0.15) is 13.2 Å². The lowest BCUT2D eigenvalue weighted by molar-refractivity contribution is -0.141. The third-order valence-corrected chi connectivity index (χ3v) is 3.63. The van der Waals surface area contributed by atoms with Gasteiger partial charge in [0.05, 0.1) is 0 Å². The van der Waals surface area contributed by atoms with Crippen LogP contribution in [0.4, 0.5) is 19.1 Å². The Morgan fingerprint density at radius 2 is 1.86 bits per heavy atom. The largest absolute Gasteiger partial charge is 0.433 e. The van der Waals surface area contributed by atoms with E-state index in [0.717, 1.165) is 31.5 Å².